The summed E-state index contributed by atoms with van der Waals surface area (Å²) in [5.41, 5.74) is 1.92. The molecule has 0 amide bonds. The molecular weight excluding hydrogens is 408 g/mol. The molecule has 3 rings (SSSR count). The zero-order valence-corrected chi connectivity index (χ0v) is 19.0. The summed E-state index contributed by atoms with van der Waals surface area (Å²) in [4.78, 5) is 0.353. The lowest BCUT2D eigenvalue weighted by Gasteiger charge is -2.33. The molecule has 0 spiro atoms. The van der Waals surface area contributed by atoms with E-state index in [0.717, 1.165) is 11.1 Å². The first-order valence-electron chi connectivity index (χ1n) is 9.65. The highest BCUT2D eigenvalue weighted by Gasteiger charge is 2.50. The number of nitrogens with zero attached hydrogens (tertiary/aromatic N) is 2. The summed E-state index contributed by atoms with van der Waals surface area (Å²) in [5, 5.41) is 0. The van der Waals surface area contributed by atoms with Gasteiger partial charge in [-0.15, -0.1) is 0 Å². The van der Waals surface area contributed by atoms with Crippen molar-refractivity contribution in [1.29, 1.82) is 0 Å². The molecule has 29 heavy (non-hydrogen) atoms. The minimum absolute atomic E-state index is 0.115. The van der Waals surface area contributed by atoms with E-state index in [1.807, 2.05) is 27.7 Å². The molecule has 2 atom stereocenters. The van der Waals surface area contributed by atoms with E-state index in [1.54, 1.807) is 55.5 Å². The van der Waals surface area contributed by atoms with Gasteiger partial charge in [-0.3, -0.25) is 0 Å². The molecule has 2 unspecified atom stereocenters. The van der Waals surface area contributed by atoms with E-state index in [9.17, 15) is 16.8 Å². The van der Waals surface area contributed by atoms with Crippen molar-refractivity contribution in [1.82, 2.24) is 8.61 Å². The highest BCUT2D eigenvalue weighted by Crippen LogP contribution is 2.36. The standard InChI is InChI=1S/C21H28N2O4S2/c1-15(2)21-22(28(24,25)19-10-6-16(3)7-11-19)14-18(5)23(21)29(26,27)20-12-8-17(4)9-13-20/h6-13,15,18,21H,14H2,1-5H3. The molecule has 2 aromatic rings. The van der Waals surface area contributed by atoms with Gasteiger partial charge in [0.1, 0.15) is 0 Å². The van der Waals surface area contributed by atoms with Crippen molar-refractivity contribution in [3.63, 3.8) is 0 Å². The van der Waals surface area contributed by atoms with Crippen LogP contribution in [0.3, 0.4) is 0 Å². The minimum atomic E-state index is -3.85. The number of hydrogen-bond donors (Lipinski definition) is 0. The number of hydrogen-bond acceptors (Lipinski definition) is 4. The van der Waals surface area contributed by atoms with Gasteiger partial charge < -0.3 is 0 Å². The number of rotatable bonds is 5. The van der Waals surface area contributed by atoms with Crippen molar-refractivity contribution in [3.8, 4) is 0 Å². The predicted molar refractivity (Wildman–Crippen MR) is 113 cm³/mol. The van der Waals surface area contributed by atoms with Crippen LogP contribution >= 0.6 is 0 Å². The van der Waals surface area contributed by atoms with Gasteiger partial charge in [-0.25, -0.2) is 16.8 Å². The van der Waals surface area contributed by atoms with Crippen LogP contribution in [0.1, 0.15) is 31.9 Å². The molecule has 1 aliphatic rings. The maximum Gasteiger partial charge on any atom is 0.244 e. The van der Waals surface area contributed by atoms with Gasteiger partial charge >= 0.3 is 0 Å². The van der Waals surface area contributed by atoms with Gasteiger partial charge in [-0.1, -0.05) is 49.2 Å². The van der Waals surface area contributed by atoms with E-state index in [4.69, 9.17) is 0 Å². The summed E-state index contributed by atoms with van der Waals surface area (Å²) in [5.74, 6) is -0.222. The smallest absolute Gasteiger partial charge is 0.207 e. The molecule has 8 heteroatoms. The van der Waals surface area contributed by atoms with E-state index in [0.29, 0.717) is 0 Å². The van der Waals surface area contributed by atoms with E-state index < -0.39 is 32.3 Å². The zero-order chi connectivity index (χ0) is 21.6. The Labute approximate surface area is 174 Å². The SMILES string of the molecule is Cc1ccc(S(=O)(=O)N2CC(C)N(S(=O)(=O)c3ccc(C)cc3)C2C(C)C)cc1. The Morgan fingerprint density at radius 2 is 1.21 bits per heavy atom. The fraction of sp³-hybridized carbons (Fsp3) is 0.429. The van der Waals surface area contributed by atoms with Crippen LogP contribution in [0.25, 0.3) is 0 Å². The maximum absolute atomic E-state index is 13.4. The van der Waals surface area contributed by atoms with Crippen LogP contribution in [0.2, 0.25) is 0 Å². The number of benzene rings is 2. The van der Waals surface area contributed by atoms with E-state index in [1.165, 1.54) is 8.61 Å². The number of sulfonamides is 2. The lowest BCUT2D eigenvalue weighted by molar-refractivity contribution is 0.208. The van der Waals surface area contributed by atoms with E-state index in [-0.39, 0.29) is 22.3 Å². The van der Waals surface area contributed by atoms with Crippen LogP contribution < -0.4 is 0 Å². The van der Waals surface area contributed by atoms with Crippen LogP contribution in [0, 0.1) is 19.8 Å². The molecule has 6 nitrogen and oxygen atoms in total. The summed E-state index contributed by atoms with van der Waals surface area (Å²) in [7, 11) is -7.69. The van der Waals surface area contributed by atoms with Crippen LogP contribution in [-0.2, 0) is 20.0 Å². The fourth-order valence-electron chi connectivity index (χ4n) is 3.76. The molecule has 0 radical (unpaired) electrons. The van der Waals surface area contributed by atoms with Crippen molar-refractivity contribution in [2.75, 3.05) is 6.54 Å². The van der Waals surface area contributed by atoms with Gasteiger partial charge in [0.05, 0.1) is 16.0 Å². The predicted octanol–water partition coefficient (Wildman–Crippen LogP) is 3.37. The quantitative estimate of drug-likeness (QED) is 0.720. The van der Waals surface area contributed by atoms with Crippen LogP contribution in [0.15, 0.2) is 58.3 Å². The monoisotopic (exact) mass is 436 g/mol. The van der Waals surface area contributed by atoms with Gasteiger partial charge in [0.15, 0.2) is 0 Å². The second kappa shape index (κ2) is 7.83. The molecule has 1 aliphatic heterocycles. The van der Waals surface area contributed by atoms with Gasteiger partial charge in [-0.2, -0.15) is 8.61 Å². The van der Waals surface area contributed by atoms with Crippen molar-refractivity contribution < 1.29 is 16.8 Å². The first-order chi connectivity index (χ1) is 13.5. The first kappa shape index (κ1) is 22.0. The summed E-state index contributed by atoms with van der Waals surface area (Å²) in [6.45, 7) is 9.34. The summed E-state index contributed by atoms with van der Waals surface area (Å²) in [6, 6.07) is 12.8. The molecule has 0 aliphatic carbocycles. The minimum Gasteiger partial charge on any atom is -0.207 e. The Bertz CT molecular complexity index is 1080. The molecular formula is C21H28N2O4S2. The highest BCUT2D eigenvalue weighted by molar-refractivity contribution is 7.90. The van der Waals surface area contributed by atoms with E-state index in [2.05, 4.69) is 0 Å². The van der Waals surface area contributed by atoms with Crippen molar-refractivity contribution in [3.05, 3.63) is 59.7 Å². The number of aryl methyl sites for hydroxylation is 2. The molecule has 1 heterocycles. The van der Waals surface area contributed by atoms with Crippen LogP contribution in [0.4, 0.5) is 0 Å². The Balaban J connectivity index is 2.07. The summed E-state index contributed by atoms with van der Waals surface area (Å²) in [6.07, 6.45) is -0.789. The average Bonchev–Trinajstić information content (AvgIpc) is 3.01. The Morgan fingerprint density at radius 3 is 1.62 bits per heavy atom. The van der Waals surface area contributed by atoms with Crippen LogP contribution in [-0.4, -0.2) is 44.2 Å². The fourth-order valence-corrected chi connectivity index (χ4v) is 7.52. The molecule has 1 saturated heterocycles. The molecule has 1 fully saturated rings. The second-order valence-electron chi connectivity index (χ2n) is 8.04. The molecule has 158 valence electrons. The maximum atomic E-state index is 13.4. The van der Waals surface area contributed by atoms with Gasteiger partial charge in [0, 0.05) is 12.6 Å². The van der Waals surface area contributed by atoms with Crippen molar-refractivity contribution in [2.24, 2.45) is 5.92 Å². The first-order valence-corrected chi connectivity index (χ1v) is 12.5. The molecule has 2 aromatic carbocycles. The van der Waals surface area contributed by atoms with Gasteiger partial charge in [-0.05, 0) is 51.0 Å². The zero-order valence-electron chi connectivity index (χ0n) is 17.4. The van der Waals surface area contributed by atoms with Gasteiger partial charge in [0.2, 0.25) is 20.0 Å². The highest BCUT2D eigenvalue weighted by atomic mass is 32.2. The Morgan fingerprint density at radius 1 is 0.793 bits per heavy atom. The summed E-state index contributed by atoms with van der Waals surface area (Å²) < 4.78 is 56.3. The topological polar surface area (TPSA) is 74.8 Å². The third kappa shape index (κ3) is 3.99. The van der Waals surface area contributed by atoms with Crippen molar-refractivity contribution in [2.45, 2.75) is 56.6 Å². The largest absolute Gasteiger partial charge is 0.244 e. The Hall–Kier alpha value is -1.74. The second-order valence-corrected chi connectivity index (χ2v) is 11.8. The van der Waals surface area contributed by atoms with Crippen molar-refractivity contribution >= 4 is 20.0 Å². The lowest BCUT2D eigenvalue weighted by atomic mass is 10.2. The normalized spacial score (nSPS) is 21.7. The molecule has 0 N–H and O–H groups in total. The average molecular weight is 437 g/mol. The van der Waals surface area contributed by atoms with Crippen LogP contribution in [0.5, 0.6) is 0 Å². The van der Waals surface area contributed by atoms with E-state index >= 15 is 0 Å². The lowest BCUT2D eigenvalue weighted by Crippen LogP contribution is -2.48. The Kier molecular flexibility index (Phi) is 5.93. The third-order valence-corrected chi connectivity index (χ3v) is 9.10. The third-order valence-electron chi connectivity index (χ3n) is 5.25. The molecule has 0 aromatic heterocycles. The van der Waals surface area contributed by atoms with Gasteiger partial charge in [0.25, 0.3) is 0 Å². The molecule has 0 bridgehead atoms. The molecule has 0 saturated carbocycles. The summed E-state index contributed by atoms with van der Waals surface area (Å²) >= 11 is 0.